The Morgan fingerprint density at radius 2 is 1.33 bits per heavy atom. The maximum absolute atomic E-state index is 13.0. The molecule has 1 aliphatic rings. The van der Waals surface area contributed by atoms with Gasteiger partial charge in [-0.2, -0.15) is 0 Å². The van der Waals surface area contributed by atoms with E-state index in [0.29, 0.717) is 0 Å². The molecule has 1 aliphatic heterocycles. The van der Waals surface area contributed by atoms with Gasteiger partial charge in [0.2, 0.25) is 0 Å². The zero-order valence-corrected chi connectivity index (χ0v) is 17.3. The van der Waals surface area contributed by atoms with Gasteiger partial charge in [0, 0.05) is 19.6 Å². The third kappa shape index (κ3) is 5.34. The highest BCUT2D eigenvalue weighted by molar-refractivity contribution is 5.82. The van der Waals surface area contributed by atoms with Gasteiger partial charge in [-0.15, -0.1) is 0 Å². The van der Waals surface area contributed by atoms with E-state index in [-0.39, 0.29) is 5.82 Å². The van der Waals surface area contributed by atoms with Crippen LogP contribution in [0.25, 0.3) is 11.6 Å². The molecular weight excluding hydrogens is 369 g/mol. The molecule has 1 heterocycles. The van der Waals surface area contributed by atoms with Crippen molar-refractivity contribution in [1.82, 2.24) is 4.90 Å². The van der Waals surface area contributed by atoms with Crippen molar-refractivity contribution in [1.29, 1.82) is 0 Å². The van der Waals surface area contributed by atoms with Crippen LogP contribution in [-0.4, -0.2) is 24.5 Å². The fourth-order valence-corrected chi connectivity index (χ4v) is 4.13. The minimum absolute atomic E-state index is 0.185. The molecule has 0 aromatic heterocycles. The Labute approximate surface area is 179 Å². The second-order valence-electron chi connectivity index (χ2n) is 7.79. The molecule has 0 bridgehead atoms. The summed E-state index contributed by atoms with van der Waals surface area (Å²) in [5.41, 5.74) is 6.65. The normalized spacial score (nSPS) is 14.9. The van der Waals surface area contributed by atoms with E-state index in [0.717, 1.165) is 44.5 Å². The van der Waals surface area contributed by atoms with Gasteiger partial charge in [-0.3, -0.25) is 0 Å². The number of halogens is 1. The van der Waals surface area contributed by atoms with Crippen LogP contribution in [0.15, 0.2) is 96.6 Å². The standard InChI is InChI=1S/C28H28FN/c29-27-16-14-23(15-17-27)9-7-8-20-30-21-18-26(19-22-30)28(24-10-3-1-4-11-24)25-12-5-2-6-13-25/h1-7,9-17H,8,18-22H2. The van der Waals surface area contributed by atoms with E-state index < -0.39 is 0 Å². The van der Waals surface area contributed by atoms with Crippen molar-refractivity contribution in [2.75, 3.05) is 19.6 Å². The maximum atomic E-state index is 13.0. The Morgan fingerprint density at radius 1 is 0.767 bits per heavy atom. The summed E-state index contributed by atoms with van der Waals surface area (Å²) in [7, 11) is 0. The average molecular weight is 398 g/mol. The molecule has 0 radical (unpaired) electrons. The van der Waals surface area contributed by atoms with Gasteiger partial charge >= 0.3 is 0 Å². The molecular formula is C28H28FN. The van der Waals surface area contributed by atoms with E-state index in [1.807, 2.05) is 12.1 Å². The molecule has 0 N–H and O–H groups in total. The molecule has 152 valence electrons. The molecule has 0 amide bonds. The Hall–Kier alpha value is -2.97. The summed E-state index contributed by atoms with van der Waals surface area (Å²) in [4.78, 5) is 2.55. The van der Waals surface area contributed by atoms with Crippen molar-refractivity contribution < 1.29 is 4.39 Å². The van der Waals surface area contributed by atoms with Gasteiger partial charge < -0.3 is 4.90 Å². The van der Waals surface area contributed by atoms with E-state index in [4.69, 9.17) is 0 Å². The Bertz CT molecular complexity index is 936. The summed E-state index contributed by atoms with van der Waals surface area (Å²) in [6.07, 6.45) is 7.51. The van der Waals surface area contributed by atoms with E-state index >= 15 is 0 Å². The van der Waals surface area contributed by atoms with Gasteiger partial charge in [0.25, 0.3) is 0 Å². The van der Waals surface area contributed by atoms with Crippen LogP contribution in [0, 0.1) is 5.82 Å². The number of hydrogen-bond acceptors (Lipinski definition) is 1. The van der Waals surface area contributed by atoms with Crippen LogP contribution in [-0.2, 0) is 0 Å². The highest BCUT2D eigenvalue weighted by Crippen LogP contribution is 2.32. The minimum atomic E-state index is -0.185. The number of piperidine rings is 1. The van der Waals surface area contributed by atoms with Gasteiger partial charge in [-0.1, -0.05) is 90.5 Å². The molecule has 0 atom stereocenters. The lowest BCUT2D eigenvalue weighted by Gasteiger charge is -2.30. The Balaban J connectivity index is 1.39. The van der Waals surface area contributed by atoms with E-state index in [1.165, 1.54) is 28.8 Å². The summed E-state index contributed by atoms with van der Waals surface area (Å²) < 4.78 is 13.0. The summed E-state index contributed by atoms with van der Waals surface area (Å²) in [6.45, 7) is 3.27. The van der Waals surface area contributed by atoms with Crippen molar-refractivity contribution in [2.45, 2.75) is 19.3 Å². The molecule has 2 heteroatoms. The lowest BCUT2D eigenvalue weighted by atomic mass is 9.88. The number of rotatable bonds is 6. The first-order chi connectivity index (χ1) is 14.8. The first kappa shape index (κ1) is 20.3. The molecule has 3 aromatic carbocycles. The van der Waals surface area contributed by atoms with Crippen LogP contribution >= 0.6 is 0 Å². The zero-order chi connectivity index (χ0) is 20.6. The Morgan fingerprint density at radius 3 is 1.90 bits per heavy atom. The van der Waals surface area contributed by atoms with E-state index in [1.54, 1.807) is 5.57 Å². The maximum Gasteiger partial charge on any atom is 0.123 e. The summed E-state index contributed by atoms with van der Waals surface area (Å²) >= 11 is 0. The smallest absolute Gasteiger partial charge is 0.123 e. The van der Waals surface area contributed by atoms with Crippen molar-refractivity contribution in [3.8, 4) is 0 Å². The fraction of sp³-hybridized carbons (Fsp3) is 0.214. The Kier molecular flexibility index (Phi) is 6.89. The summed E-state index contributed by atoms with van der Waals surface area (Å²) in [5, 5.41) is 0. The van der Waals surface area contributed by atoms with E-state index in [9.17, 15) is 4.39 Å². The number of benzene rings is 3. The molecule has 30 heavy (non-hydrogen) atoms. The third-order valence-electron chi connectivity index (χ3n) is 5.73. The highest BCUT2D eigenvalue weighted by atomic mass is 19.1. The predicted molar refractivity (Wildman–Crippen MR) is 125 cm³/mol. The van der Waals surface area contributed by atoms with Gasteiger partial charge in [-0.25, -0.2) is 4.39 Å². The first-order valence-electron chi connectivity index (χ1n) is 10.8. The summed E-state index contributed by atoms with van der Waals surface area (Å²) in [6, 6.07) is 28.2. The molecule has 4 rings (SSSR count). The fourth-order valence-electron chi connectivity index (χ4n) is 4.13. The molecule has 1 nitrogen and oxygen atoms in total. The topological polar surface area (TPSA) is 3.24 Å². The number of hydrogen-bond donors (Lipinski definition) is 0. The average Bonchev–Trinajstić information content (AvgIpc) is 2.80. The largest absolute Gasteiger partial charge is 0.302 e. The van der Waals surface area contributed by atoms with Crippen LogP contribution in [0.5, 0.6) is 0 Å². The molecule has 0 saturated carbocycles. The first-order valence-corrected chi connectivity index (χ1v) is 10.8. The quantitative estimate of drug-likeness (QED) is 0.441. The predicted octanol–water partition coefficient (Wildman–Crippen LogP) is 6.83. The van der Waals surface area contributed by atoms with E-state index in [2.05, 4.69) is 77.7 Å². The molecule has 1 saturated heterocycles. The van der Waals surface area contributed by atoms with Crippen molar-refractivity contribution in [2.24, 2.45) is 0 Å². The molecule has 0 unspecified atom stereocenters. The lowest BCUT2D eigenvalue weighted by molar-refractivity contribution is 0.262. The molecule has 3 aromatic rings. The van der Waals surface area contributed by atoms with Gasteiger partial charge in [-0.05, 0) is 53.7 Å². The number of nitrogens with zero attached hydrogens (tertiary/aromatic N) is 1. The molecule has 0 aliphatic carbocycles. The molecule has 1 fully saturated rings. The highest BCUT2D eigenvalue weighted by Gasteiger charge is 2.18. The summed E-state index contributed by atoms with van der Waals surface area (Å²) in [5.74, 6) is -0.185. The minimum Gasteiger partial charge on any atom is -0.302 e. The van der Waals surface area contributed by atoms with Crippen molar-refractivity contribution >= 4 is 11.6 Å². The van der Waals surface area contributed by atoms with Crippen LogP contribution in [0.2, 0.25) is 0 Å². The van der Waals surface area contributed by atoms with Crippen LogP contribution in [0.3, 0.4) is 0 Å². The van der Waals surface area contributed by atoms with Crippen LogP contribution in [0.4, 0.5) is 4.39 Å². The van der Waals surface area contributed by atoms with Crippen molar-refractivity contribution in [3.05, 3.63) is 119 Å². The lowest BCUT2D eigenvalue weighted by Crippen LogP contribution is -2.31. The SMILES string of the molecule is Fc1ccc(C=CCCN2CCC(=C(c3ccccc3)c3ccccc3)CC2)cc1. The zero-order valence-electron chi connectivity index (χ0n) is 17.3. The second kappa shape index (κ2) is 10.2. The van der Waals surface area contributed by atoms with Gasteiger partial charge in [0.05, 0.1) is 0 Å². The van der Waals surface area contributed by atoms with Crippen LogP contribution < -0.4 is 0 Å². The second-order valence-corrected chi connectivity index (χ2v) is 7.79. The van der Waals surface area contributed by atoms with Gasteiger partial charge in [0.15, 0.2) is 0 Å². The van der Waals surface area contributed by atoms with Gasteiger partial charge in [0.1, 0.15) is 5.82 Å². The molecule has 0 spiro atoms. The number of likely N-dealkylation sites (tertiary alicyclic amines) is 1. The van der Waals surface area contributed by atoms with Crippen LogP contribution in [0.1, 0.15) is 36.0 Å². The van der Waals surface area contributed by atoms with Crippen molar-refractivity contribution in [3.63, 3.8) is 0 Å². The monoisotopic (exact) mass is 397 g/mol. The third-order valence-corrected chi connectivity index (χ3v) is 5.73.